The number of hydrogen-bond acceptors (Lipinski definition) is 5. The zero-order chi connectivity index (χ0) is 18.7. The number of sulfonamides is 1. The van der Waals surface area contributed by atoms with Gasteiger partial charge in [-0.15, -0.1) is 0 Å². The van der Waals surface area contributed by atoms with Crippen LogP contribution in [-0.2, 0) is 10.0 Å². The van der Waals surface area contributed by atoms with Crippen LogP contribution in [0.2, 0.25) is 0 Å². The van der Waals surface area contributed by atoms with Crippen molar-refractivity contribution in [2.45, 2.75) is 24.5 Å². The van der Waals surface area contributed by atoms with E-state index in [1.54, 1.807) is 0 Å². The summed E-state index contributed by atoms with van der Waals surface area (Å²) in [4.78, 5) is 13.4. The maximum atomic E-state index is 12.7. The number of nitrogens with zero attached hydrogens (tertiary/aromatic N) is 2. The maximum Gasteiger partial charge on any atom is 0.284 e. The summed E-state index contributed by atoms with van der Waals surface area (Å²) >= 11 is 0. The fourth-order valence-corrected chi connectivity index (χ4v) is 4.69. The molecule has 140 valence electrons. The monoisotopic (exact) mass is 377 g/mol. The van der Waals surface area contributed by atoms with Crippen molar-refractivity contribution in [3.8, 4) is 0 Å². The molecule has 1 aromatic carbocycles. The first-order valence-corrected chi connectivity index (χ1v) is 10.1. The van der Waals surface area contributed by atoms with Gasteiger partial charge in [0.15, 0.2) is 5.76 Å². The van der Waals surface area contributed by atoms with Crippen molar-refractivity contribution in [1.29, 1.82) is 0 Å². The van der Waals surface area contributed by atoms with Crippen LogP contribution in [0.3, 0.4) is 0 Å². The van der Waals surface area contributed by atoms with E-state index in [-0.39, 0.29) is 16.9 Å². The van der Waals surface area contributed by atoms with Crippen molar-refractivity contribution in [2.24, 2.45) is 5.73 Å². The molecule has 1 fully saturated rings. The molecule has 1 aliphatic heterocycles. The minimum atomic E-state index is -3.76. The van der Waals surface area contributed by atoms with E-state index in [4.69, 9.17) is 10.2 Å². The highest BCUT2D eigenvalue weighted by Crippen LogP contribution is 2.27. The molecule has 0 spiro atoms. The van der Waals surface area contributed by atoms with Gasteiger partial charge in [0.1, 0.15) is 0 Å². The van der Waals surface area contributed by atoms with Crippen LogP contribution in [-0.4, -0.2) is 49.7 Å². The Hall–Kier alpha value is -2.16. The first kappa shape index (κ1) is 18.6. The Kier molecular flexibility index (Phi) is 5.45. The average molecular weight is 377 g/mol. The molecule has 2 heterocycles. The van der Waals surface area contributed by atoms with Crippen LogP contribution in [0.4, 0.5) is 0 Å². The van der Waals surface area contributed by atoms with Gasteiger partial charge in [-0.1, -0.05) is 37.3 Å². The highest BCUT2D eigenvalue weighted by Gasteiger charge is 2.33. The summed E-state index contributed by atoms with van der Waals surface area (Å²) in [5.74, 6) is -0.942. The second-order valence-electron chi connectivity index (χ2n) is 6.26. The molecule has 0 radical (unpaired) electrons. The van der Waals surface area contributed by atoms with Crippen LogP contribution in [0.25, 0.3) is 0 Å². The minimum absolute atomic E-state index is 0.155. The Labute approximate surface area is 153 Å². The minimum Gasteiger partial charge on any atom is -0.438 e. The zero-order valence-electron chi connectivity index (χ0n) is 14.7. The van der Waals surface area contributed by atoms with E-state index in [9.17, 15) is 13.2 Å². The van der Waals surface area contributed by atoms with Gasteiger partial charge in [0, 0.05) is 32.2 Å². The van der Waals surface area contributed by atoms with E-state index in [1.165, 1.54) is 22.0 Å². The predicted octanol–water partition coefficient (Wildman–Crippen LogP) is 1.84. The number of carbonyl (C=O) groups excluding carboxylic acids is 1. The maximum absolute atomic E-state index is 12.7. The van der Waals surface area contributed by atoms with Crippen LogP contribution in [0.15, 0.2) is 52.0 Å². The van der Waals surface area contributed by atoms with Crippen LogP contribution < -0.4 is 5.73 Å². The van der Waals surface area contributed by atoms with Gasteiger partial charge < -0.3 is 10.2 Å². The number of piperazine rings is 1. The molecule has 0 bridgehead atoms. The van der Waals surface area contributed by atoms with E-state index >= 15 is 0 Å². The largest absolute Gasteiger partial charge is 0.438 e. The topological polar surface area (TPSA) is 96.9 Å². The summed E-state index contributed by atoms with van der Waals surface area (Å²) in [6.45, 7) is 4.15. The lowest BCUT2D eigenvalue weighted by Gasteiger charge is -2.38. The van der Waals surface area contributed by atoms with Crippen LogP contribution in [0, 0.1) is 0 Å². The zero-order valence-corrected chi connectivity index (χ0v) is 15.5. The van der Waals surface area contributed by atoms with Crippen molar-refractivity contribution in [3.63, 3.8) is 0 Å². The van der Waals surface area contributed by atoms with Gasteiger partial charge in [-0.25, -0.2) is 8.42 Å². The number of furan rings is 1. The fourth-order valence-electron chi connectivity index (χ4n) is 3.35. The molecular formula is C18H23N3O4S. The Balaban J connectivity index is 1.70. The van der Waals surface area contributed by atoms with E-state index in [1.807, 2.05) is 18.2 Å². The van der Waals surface area contributed by atoms with E-state index in [0.717, 1.165) is 6.42 Å². The van der Waals surface area contributed by atoms with Gasteiger partial charge in [0.25, 0.3) is 15.9 Å². The molecule has 0 unspecified atom stereocenters. The molecule has 3 rings (SSSR count). The third-order valence-electron chi connectivity index (χ3n) is 4.70. The van der Waals surface area contributed by atoms with Crippen molar-refractivity contribution < 1.29 is 17.6 Å². The summed E-state index contributed by atoms with van der Waals surface area (Å²) in [6.07, 6.45) is 0.955. The number of amides is 1. The molecule has 1 atom stereocenters. The summed E-state index contributed by atoms with van der Waals surface area (Å²) in [7, 11) is -3.76. The van der Waals surface area contributed by atoms with Gasteiger partial charge in [0.2, 0.25) is 5.09 Å². The molecule has 0 saturated carbocycles. The number of benzene rings is 1. The summed E-state index contributed by atoms with van der Waals surface area (Å²) in [5, 5.41) is -0.241. The third-order valence-corrected chi connectivity index (χ3v) is 6.48. The highest BCUT2D eigenvalue weighted by molar-refractivity contribution is 7.89. The van der Waals surface area contributed by atoms with Crippen LogP contribution >= 0.6 is 0 Å². The number of primary amides is 1. The molecule has 26 heavy (non-hydrogen) atoms. The quantitative estimate of drug-likeness (QED) is 0.828. The normalized spacial score (nSPS) is 17.9. The van der Waals surface area contributed by atoms with Crippen molar-refractivity contribution in [2.75, 3.05) is 26.2 Å². The first-order valence-electron chi connectivity index (χ1n) is 8.62. The van der Waals surface area contributed by atoms with E-state index in [2.05, 4.69) is 24.0 Å². The van der Waals surface area contributed by atoms with E-state index < -0.39 is 15.9 Å². The summed E-state index contributed by atoms with van der Waals surface area (Å²) in [5.41, 5.74) is 6.36. The molecule has 1 saturated heterocycles. The highest BCUT2D eigenvalue weighted by atomic mass is 32.2. The molecular weight excluding hydrogens is 354 g/mol. The number of hydrogen-bond donors (Lipinski definition) is 1. The molecule has 2 aromatic rings. The first-order chi connectivity index (χ1) is 12.4. The Morgan fingerprint density at radius 3 is 2.31 bits per heavy atom. The number of carbonyl (C=O) groups is 1. The van der Waals surface area contributed by atoms with E-state index in [0.29, 0.717) is 26.2 Å². The van der Waals surface area contributed by atoms with Crippen LogP contribution in [0.1, 0.15) is 35.5 Å². The van der Waals surface area contributed by atoms with Gasteiger partial charge >= 0.3 is 0 Å². The van der Waals surface area contributed by atoms with Crippen LogP contribution in [0.5, 0.6) is 0 Å². The molecule has 7 nitrogen and oxygen atoms in total. The number of nitrogens with two attached hydrogens (primary N) is 1. The number of rotatable bonds is 6. The third kappa shape index (κ3) is 3.67. The second kappa shape index (κ2) is 7.61. The Bertz CT molecular complexity index is 856. The lowest BCUT2D eigenvalue weighted by Crippen LogP contribution is -2.49. The lowest BCUT2D eigenvalue weighted by atomic mass is 10.0. The van der Waals surface area contributed by atoms with Crippen molar-refractivity contribution >= 4 is 15.9 Å². The van der Waals surface area contributed by atoms with Crippen molar-refractivity contribution in [1.82, 2.24) is 9.21 Å². The summed E-state index contributed by atoms with van der Waals surface area (Å²) < 4.78 is 31.9. The Morgan fingerprint density at radius 1 is 1.12 bits per heavy atom. The second-order valence-corrected chi connectivity index (χ2v) is 8.13. The smallest absolute Gasteiger partial charge is 0.284 e. The molecule has 1 aromatic heterocycles. The van der Waals surface area contributed by atoms with Gasteiger partial charge in [-0.3, -0.25) is 9.69 Å². The molecule has 0 aliphatic carbocycles. The molecule has 8 heteroatoms. The SMILES string of the molecule is CC[C@H](c1ccccc1)N1CCN(S(=O)(=O)c2ccc(C(N)=O)o2)CC1. The lowest BCUT2D eigenvalue weighted by molar-refractivity contribution is 0.0968. The average Bonchev–Trinajstić information content (AvgIpc) is 3.15. The molecule has 2 N–H and O–H groups in total. The van der Waals surface area contributed by atoms with Gasteiger partial charge in [-0.2, -0.15) is 4.31 Å². The molecule has 1 aliphatic rings. The van der Waals surface area contributed by atoms with Gasteiger partial charge in [-0.05, 0) is 24.1 Å². The Morgan fingerprint density at radius 2 is 1.77 bits per heavy atom. The standard InChI is InChI=1S/C18H23N3O4S/c1-2-15(14-6-4-3-5-7-14)20-10-12-21(13-11-20)26(23,24)17-9-8-16(25-17)18(19)22/h3-9,15H,2,10-13H2,1H3,(H2,19,22)/t15-/m1/s1. The summed E-state index contributed by atoms with van der Waals surface area (Å²) in [6, 6.07) is 13.1. The van der Waals surface area contributed by atoms with Gasteiger partial charge in [0.05, 0.1) is 0 Å². The fraction of sp³-hybridized carbons (Fsp3) is 0.389. The predicted molar refractivity (Wildman–Crippen MR) is 97.0 cm³/mol. The van der Waals surface area contributed by atoms with Crippen molar-refractivity contribution in [3.05, 3.63) is 53.8 Å². The molecule has 1 amide bonds.